The van der Waals surface area contributed by atoms with Gasteiger partial charge in [-0.15, -0.1) is 0 Å². The van der Waals surface area contributed by atoms with E-state index in [0.717, 1.165) is 22.5 Å². The van der Waals surface area contributed by atoms with Gasteiger partial charge in [-0.2, -0.15) is 0 Å². The van der Waals surface area contributed by atoms with E-state index >= 15 is 0 Å². The predicted octanol–water partition coefficient (Wildman–Crippen LogP) is 4.38. The maximum Gasteiger partial charge on any atom is 0.304 e. The number of carboxylic acids is 1. The molecule has 0 spiro atoms. The van der Waals surface area contributed by atoms with Gasteiger partial charge in [0.25, 0.3) is 0 Å². The van der Waals surface area contributed by atoms with Crippen LogP contribution in [0.4, 0.5) is 0 Å². The molecule has 0 atom stereocenters. The summed E-state index contributed by atoms with van der Waals surface area (Å²) in [6, 6.07) is 21.8. The molecule has 0 bridgehead atoms. The van der Waals surface area contributed by atoms with E-state index < -0.39 is 5.97 Å². The molecule has 120 valence electrons. The van der Waals surface area contributed by atoms with Crippen molar-refractivity contribution in [3.63, 3.8) is 0 Å². The Bertz CT molecular complexity index is 766. The summed E-state index contributed by atoms with van der Waals surface area (Å²) in [4.78, 5) is 19.9. The van der Waals surface area contributed by atoms with E-state index in [1.807, 2.05) is 66.7 Å². The largest absolute Gasteiger partial charge is 0.481 e. The molecule has 4 nitrogen and oxygen atoms in total. The average molecular weight is 336 g/mol. The van der Waals surface area contributed by atoms with E-state index in [-0.39, 0.29) is 6.42 Å². The van der Waals surface area contributed by atoms with Crippen molar-refractivity contribution in [2.45, 2.75) is 11.6 Å². The monoisotopic (exact) mass is 336 g/mol. The summed E-state index contributed by atoms with van der Waals surface area (Å²) in [6.07, 6.45) is 0.0876. The Labute approximate surface area is 144 Å². The number of hydrogen-bond donors (Lipinski definition) is 1. The molecule has 1 heterocycles. The van der Waals surface area contributed by atoms with E-state index in [1.54, 1.807) is 0 Å². The third kappa shape index (κ3) is 4.20. The van der Waals surface area contributed by atoms with Crippen LogP contribution in [0, 0.1) is 0 Å². The number of thioether (sulfide) groups is 1. The first kappa shape index (κ1) is 16.2. The lowest BCUT2D eigenvalue weighted by Crippen LogP contribution is -1.98. The number of aromatic nitrogens is 2. The number of rotatable bonds is 6. The maximum atomic E-state index is 10.7. The van der Waals surface area contributed by atoms with Crippen LogP contribution in [-0.4, -0.2) is 26.8 Å². The van der Waals surface area contributed by atoms with Gasteiger partial charge in [0.05, 0.1) is 17.8 Å². The molecule has 3 rings (SSSR count). The Kier molecular flexibility index (Phi) is 5.23. The van der Waals surface area contributed by atoms with Crippen LogP contribution >= 0.6 is 11.8 Å². The Balaban J connectivity index is 1.98. The van der Waals surface area contributed by atoms with E-state index in [1.165, 1.54) is 11.8 Å². The molecule has 0 radical (unpaired) electrons. The number of carboxylic acid groups (broad SMARTS) is 1. The van der Waals surface area contributed by atoms with Gasteiger partial charge in [-0.25, -0.2) is 9.97 Å². The molecule has 0 saturated carbocycles. The van der Waals surface area contributed by atoms with Crippen molar-refractivity contribution >= 4 is 17.7 Å². The van der Waals surface area contributed by atoms with Gasteiger partial charge < -0.3 is 5.11 Å². The molecule has 5 heteroatoms. The van der Waals surface area contributed by atoms with E-state index in [9.17, 15) is 4.79 Å². The molecule has 0 fully saturated rings. The highest BCUT2D eigenvalue weighted by Gasteiger charge is 2.09. The second kappa shape index (κ2) is 7.75. The maximum absolute atomic E-state index is 10.7. The minimum Gasteiger partial charge on any atom is -0.481 e. The molecule has 3 aromatic rings. The Morgan fingerprint density at radius 1 is 0.875 bits per heavy atom. The molecule has 0 aliphatic heterocycles. The summed E-state index contributed by atoms with van der Waals surface area (Å²) in [7, 11) is 0. The van der Waals surface area contributed by atoms with Gasteiger partial charge in [0.15, 0.2) is 5.16 Å². The molecule has 0 unspecified atom stereocenters. The number of nitrogens with zero attached hydrogens (tertiary/aromatic N) is 2. The van der Waals surface area contributed by atoms with Crippen LogP contribution in [0.3, 0.4) is 0 Å². The highest BCUT2D eigenvalue weighted by atomic mass is 32.2. The molecule has 0 saturated heterocycles. The standard InChI is InChI=1S/C19H16N2O2S/c22-18(23)11-12-24-19-20-16(14-7-3-1-4-8-14)13-17(21-19)15-9-5-2-6-10-15/h1-10,13H,11-12H2,(H,22,23). The second-order valence-corrected chi connectivity index (χ2v) is 6.21. The van der Waals surface area contributed by atoms with Crippen molar-refractivity contribution in [3.05, 3.63) is 66.7 Å². The first-order chi connectivity index (χ1) is 11.7. The molecule has 0 amide bonds. The van der Waals surface area contributed by atoms with Gasteiger partial charge in [-0.05, 0) is 6.07 Å². The molecule has 1 aromatic heterocycles. The lowest BCUT2D eigenvalue weighted by Gasteiger charge is -2.08. The lowest BCUT2D eigenvalue weighted by atomic mass is 10.1. The third-order valence-corrected chi connectivity index (χ3v) is 4.24. The van der Waals surface area contributed by atoms with Crippen molar-refractivity contribution in [1.29, 1.82) is 0 Å². The highest BCUT2D eigenvalue weighted by Crippen LogP contribution is 2.27. The summed E-state index contributed by atoms with van der Waals surface area (Å²) >= 11 is 1.36. The van der Waals surface area contributed by atoms with E-state index in [0.29, 0.717) is 10.9 Å². The number of benzene rings is 2. The first-order valence-corrected chi connectivity index (χ1v) is 8.55. The van der Waals surface area contributed by atoms with Gasteiger partial charge in [0.2, 0.25) is 0 Å². The van der Waals surface area contributed by atoms with Crippen LogP contribution in [0.2, 0.25) is 0 Å². The normalized spacial score (nSPS) is 10.5. The van der Waals surface area contributed by atoms with Gasteiger partial charge in [-0.3, -0.25) is 4.79 Å². The van der Waals surface area contributed by atoms with Crippen LogP contribution in [0.15, 0.2) is 71.9 Å². The molecule has 0 aliphatic rings. The van der Waals surface area contributed by atoms with Crippen molar-refractivity contribution in [1.82, 2.24) is 9.97 Å². The second-order valence-electron chi connectivity index (χ2n) is 5.15. The van der Waals surface area contributed by atoms with Gasteiger partial charge >= 0.3 is 5.97 Å². The Hall–Kier alpha value is -2.66. The lowest BCUT2D eigenvalue weighted by molar-refractivity contribution is -0.136. The molecular weight excluding hydrogens is 320 g/mol. The minimum atomic E-state index is -0.815. The molecule has 2 aromatic carbocycles. The summed E-state index contributed by atoms with van der Waals surface area (Å²) in [6.45, 7) is 0. The molecular formula is C19H16N2O2S. The van der Waals surface area contributed by atoms with E-state index in [4.69, 9.17) is 5.11 Å². The van der Waals surface area contributed by atoms with Crippen molar-refractivity contribution in [3.8, 4) is 22.5 Å². The topological polar surface area (TPSA) is 63.1 Å². The number of aliphatic carboxylic acids is 1. The van der Waals surface area contributed by atoms with Gasteiger partial charge in [0.1, 0.15) is 0 Å². The van der Waals surface area contributed by atoms with Crippen LogP contribution in [0.25, 0.3) is 22.5 Å². The number of carbonyl (C=O) groups is 1. The van der Waals surface area contributed by atoms with E-state index in [2.05, 4.69) is 9.97 Å². The molecule has 1 N–H and O–H groups in total. The average Bonchev–Trinajstić information content (AvgIpc) is 2.63. The summed E-state index contributed by atoms with van der Waals surface area (Å²) < 4.78 is 0. The zero-order valence-corrected chi connectivity index (χ0v) is 13.7. The van der Waals surface area contributed by atoms with Crippen LogP contribution < -0.4 is 0 Å². The van der Waals surface area contributed by atoms with Gasteiger partial charge in [0, 0.05) is 16.9 Å². The summed E-state index contributed by atoms with van der Waals surface area (Å²) in [5, 5.41) is 9.40. The predicted molar refractivity (Wildman–Crippen MR) is 95.9 cm³/mol. The fourth-order valence-electron chi connectivity index (χ4n) is 2.23. The summed E-state index contributed by atoms with van der Waals surface area (Å²) in [5.74, 6) is -0.369. The highest BCUT2D eigenvalue weighted by molar-refractivity contribution is 7.99. The van der Waals surface area contributed by atoms with Gasteiger partial charge in [-0.1, -0.05) is 72.4 Å². The van der Waals surface area contributed by atoms with Crippen molar-refractivity contribution < 1.29 is 9.90 Å². The first-order valence-electron chi connectivity index (χ1n) is 7.57. The van der Waals surface area contributed by atoms with Crippen molar-refractivity contribution in [2.75, 3.05) is 5.75 Å². The zero-order chi connectivity index (χ0) is 16.8. The van der Waals surface area contributed by atoms with Crippen LogP contribution in [0.5, 0.6) is 0 Å². The minimum absolute atomic E-state index is 0.0876. The quantitative estimate of drug-likeness (QED) is 0.535. The fourth-order valence-corrected chi connectivity index (χ4v) is 3.02. The summed E-state index contributed by atoms with van der Waals surface area (Å²) in [5.41, 5.74) is 3.69. The Morgan fingerprint density at radius 3 is 1.83 bits per heavy atom. The third-order valence-electron chi connectivity index (χ3n) is 3.39. The molecule has 0 aliphatic carbocycles. The number of hydrogen-bond acceptors (Lipinski definition) is 4. The molecule has 24 heavy (non-hydrogen) atoms. The Morgan fingerprint density at radius 2 is 1.38 bits per heavy atom. The van der Waals surface area contributed by atoms with Crippen LogP contribution in [0.1, 0.15) is 6.42 Å². The SMILES string of the molecule is O=C(O)CCSc1nc(-c2ccccc2)cc(-c2ccccc2)n1. The van der Waals surface area contributed by atoms with Crippen LogP contribution in [-0.2, 0) is 4.79 Å². The van der Waals surface area contributed by atoms with Crippen molar-refractivity contribution in [2.24, 2.45) is 0 Å². The zero-order valence-electron chi connectivity index (χ0n) is 12.9. The fraction of sp³-hybridized carbons (Fsp3) is 0.105. The smallest absolute Gasteiger partial charge is 0.304 e.